The van der Waals surface area contributed by atoms with Crippen LogP contribution in [0.1, 0.15) is 46.5 Å². The van der Waals surface area contributed by atoms with E-state index >= 15 is 0 Å². The molecule has 2 aliphatic carbocycles. The number of rotatable bonds is 3. The fourth-order valence-corrected chi connectivity index (χ4v) is 5.24. The molecule has 1 N–H and O–H groups in total. The molecule has 110 valence electrons. The molecular formula is C16H28O3. The minimum atomic E-state index is -0.411. The van der Waals surface area contributed by atoms with Crippen LogP contribution in [0.5, 0.6) is 0 Å². The Labute approximate surface area is 116 Å². The van der Waals surface area contributed by atoms with Gasteiger partial charge in [-0.25, -0.2) is 0 Å². The highest BCUT2D eigenvalue weighted by atomic mass is 16.7. The Balaban J connectivity index is 1.79. The second-order valence-electron chi connectivity index (χ2n) is 7.47. The Morgan fingerprint density at radius 2 is 1.53 bits per heavy atom. The quantitative estimate of drug-likeness (QED) is 0.855. The first-order valence-electron chi connectivity index (χ1n) is 7.87. The standard InChI is InChI=1S/C16H28O3/c1-15(2)18-9-11-12(10-19-15)14-6-5-13(11)16(14,3)7-4-8-17/h11-14,17H,4-10H2,1-3H3/t11-,12+,13-,14+,16?. The molecule has 3 aliphatic rings. The van der Waals surface area contributed by atoms with Crippen molar-refractivity contribution in [3.63, 3.8) is 0 Å². The largest absolute Gasteiger partial charge is 0.396 e. The lowest BCUT2D eigenvalue weighted by Gasteiger charge is -2.33. The number of fused-ring (bicyclic) bond motifs is 5. The normalized spacial score (nSPS) is 48.0. The fourth-order valence-electron chi connectivity index (χ4n) is 5.24. The van der Waals surface area contributed by atoms with Gasteiger partial charge >= 0.3 is 0 Å². The van der Waals surface area contributed by atoms with Crippen molar-refractivity contribution in [3.8, 4) is 0 Å². The summed E-state index contributed by atoms with van der Waals surface area (Å²) in [6.07, 6.45) is 4.79. The van der Waals surface area contributed by atoms with Gasteiger partial charge in [0.05, 0.1) is 13.2 Å². The van der Waals surface area contributed by atoms with Gasteiger partial charge in [0.25, 0.3) is 0 Å². The van der Waals surface area contributed by atoms with Crippen LogP contribution in [0.15, 0.2) is 0 Å². The molecule has 0 spiro atoms. The predicted molar refractivity (Wildman–Crippen MR) is 73.6 cm³/mol. The first kappa shape index (κ1) is 13.8. The van der Waals surface area contributed by atoms with Crippen LogP contribution in [0.3, 0.4) is 0 Å². The lowest BCUT2D eigenvalue weighted by Crippen LogP contribution is -2.31. The van der Waals surface area contributed by atoms with Crippen LogP contribution in [0.2, 0.25) is 0 Å². The van der Waals surface area contributed by atoms with Gasteiger partial charge in [0, 0.05) is 6.61 Å². The van der Waals surface area contributed by atoms with Gasteiger partial charge in [0.15, 0.2) is 5.79 Å². The van der Waals surface area contributed by atoms with Crippen molar-refractivity contribution in [1.82, 2.24) is 0 Å². The van der Waals surface area contributed by atoms with Gasteiger partial charge < -0.3 is 14.6 Å². The van der Waals surface area contributed by atoms with E-state index in [0.29, 0.717) is 23.9 Å². The van der Waals surface area contributed by atoms with Crippen molar-refractivity contribution in [1.29, 1.82) is 0 Å². The maximum Gasteiger partial charge on any atom is 0.162 e. The monoisotopic (exact) mass is 268 g/mol. The summed E-state index contributed by atoms with van der Waals surface area (Å²) >= 11 is 0. The van der Waals surface area contributed by atoms with Crippen LogP contribution in [-0.2, 0) is 9.47 Å². The van der Waals surface area contributed by atoms with Crippen molar-refractivity contribution in [2.75, 3.05) is 19.8 Å². The fraction of sp³-hybridized carbons (Fsp3) is 1.00. The van der Waals surface area contributed by atoms with Crippen LogP contribution in [0.25, 0.3) is 0 Å². The Morgan fingerprint density at radius 3 is 2.00 bits per heavy atom. The van der Waals surface area contributed by atoms with Gasteiger partial charge in [0.1, 0.15) is 0 Å². The minimum Gasteiger partial charge on any atom is -0.396 e. The Bertz CT molecular complexity index is 315. The lowest BCUT2D eigenvalue weighted by molar-refractivity contribution is -0.206. The predicted octanol–water partition coefficient (Wildman–Crippen LogP) is 2.82. The average molecular weight is 268 g/mol. The average Bonchev–Trinajstić information content (AvgIpc) is 2.73. The van der Waals surface area contributed by atoms with Crippen molar-refractivity contribution in [2.24, 2.45) is 29.1 Å². The highest BCUT2D eigenvalue weighted by Gasteiger charge is 2.61. The third-order valence-corrected chi connectivity index (χ3v) is 6.19. The molecule has 0 radical (unpaired) electrons. The third-order valence-electron chi connectivity index (χ3n) is 6.19. The van der Waals surface area contributed by atoms with Crippen molar-refractivity contribution < 1.29 is 14.6 Å². The molecule has 5 atom stereocenters. The summed E-state index contributed by atoms with van der Waals surface area (Å²) < 4.78 is 12.0. The van der Waals surface area contributed by atoms with Gasteiger partial charge in [-0.1, -0.05) is 6.92 Å². The summed E-state index contributed by atoms with van der Waals surface area (Å²) in [5.41, 5.74) is 0.409. The highest BCUT2D eigenvalue weighted by Crippen LogP contribution is 2.65. The highest BCUT2D eigenvalue weighted by molar-refractivity contribution is 5.09. The van der Waals surface area contributed by atoms with Crippen LogP contribution in [-0.4, -0.2) is 30.7 Å². The van der Waals surface area contributed by atoms with E-state index in [9.17, 15) is 0 Å². The molecule has 1 unspecified atom stereocenters. The molecule has 3 fully saturated rings. The minimum absolute atomic E-state index is 0.324. The number of ether oxygens (including phenoxy) is 2. The Morgan fingerprint density at radius 1 is 1.00 bits per heavy atom. The topological polar surface area (TPSA) is 38.7 Å². The first-order chi connectivity index (χ1) is 8.98. The van der Waals surface area contributed by atoms with Gasteiger partial charge in [-0.05, 0) is 68.6 Å². The zero-order valence-electron chi connectivity index (χ0n) is 12.5. The maximum absolute atomic E-state index is 9.16. The third kappa shape index (κ3) is 2.14. The van der Waals surface area contributed by atoms with Gasteiger partial charge in [-0.15, -0.1) is 0 Å². The summed E-state index contributed by atoms with van der Waals surface area (Å²) in [5.74, 6) is 2.47. The Kier molecular flexibility index (Phi) is 3.43. The van der Waals surface area contributed by atoms with E-state index in [2.05, 4.69) is 6.92 Å². The molecule has 19 heavy (non-hydrogen) atoms. The van der Waals surface area contributed by atoms with Crippen molar-refractivity contribution in [2.45, 2.75) is 52.2 Å². The number of aliphatic hydroxyl groups is 1. The van der Waals surface area contributed by atoms with Crippen molar-refractivity contribution in [3.05, 3.63) is 0 Å². The summed E-state index contributed by atoms with van der Waals surface area (Å²) in [5, 5.41) is 9.16. The Hall–Kier alpha value is -0.120. The second kappa shape index (κ2) is 4.71. The molecular weight excluding hydrogens is 240 g/mol. The van der Waals surface area contributed by atoms with Crippen molar-refractivity contribution >= 4 is 0 Å². The number of hydrogen-bond acceptors (Lipinski definition) is 3. The van der Waals surface area contributed by atoms with Crippen LogP contribution < -0.4 is 0 Å². The molecule has 1 saturated heterocycles. The maximum atomic E-state index is 9.16. The van der Waals surface area contributed by atoms with Crippen LogP contribution in [0, 0.1) is 29.1 Å². The molecule has 3 rings (SSSR count). The van der Waals surface area contributed by atoms with E-state index < -0.39 is 5.79 Å². The summed E-state index contributed by atoms with van der Waals surface area (Å²) in [7, 11) is 0. The summed E-state index contributed by atoms with van der Waals surface area (Å²) in [6.45, 7) is 8.54. The van der Waals surface area contributed by atoms with E-state index in [1.807, 2.05) is 13.8 Å². The first-order valence-corrected chi connectivity index (χ1v) is 7.87. The SMILES string of the molecule is CC1(C)OC[C@@H]2[C@H](CO1)[C@@H]1CC[C@H]2C1(C)CCCO. The molecule has 3 heteroatoms. The van der Waals surface area contributed by atoms with E-state index in [1.54, 1.807) is 0 Å². The van der Waals surface area contributed by atoms with E-state index in [0.717, 1.165) is 37.9 Å². The second-order valence-corrected chi connectivity index (χ2v) is 7.47. The van der Waals surface area contributed by atoms with E-state index in [4.69, 9.17) is 14.6 Å². The van der Waals surface area contributed by atoms with Gasteiger partial charge in [0.2, 0.25) is 0 Å². The smallest absolute Gasteiger partial charge is 0.162 e. The molecule has 0 amide bonds. The summed E-state index contributed by atoms with van der Waals surface area (Å²) in [4.78, 5) is 0. The molecule has 3 nitrogen and oxygen atoms in total. The molecule has 0 aromatic carbocycles. The summed E-state index contributed by atoms with van der Waals surface area (Å²) in [6, 6.07) is 0. The van der Waals surface area contributed by atoms with E-state index in [1.165, 1.54) is 12.8 Å². The molecule has 2 bridgehead atoms. The zero-order valence-corrected chi connectivity index (χ0v) is 12.5. The van der Waals surface area contributed by atoms with E-state index in [-0.39, 0.29) is 0 Å². The van der Waals surface area contributed by atoms with Crippen LogP contribution in [0.4, 0.5) is 0 Å². The van der Waals surface area contributed by atoms with Gasteiger partial charge in [-0.3, -0.25) is 0 Å². The lowest BCUT2D eigenvalue weighted by atomic mass is 9.74. The number of aliphatic hydroxyl groups excluding tert-OH is 1. The number of hydrogen-bond donors (Lipinski definition) is 1. The molecule has 0 aromatic rings. The molecule has 1 heterocycles. The zero-order chi connectivity index (χ0) is 13.7. The van der Waals surface area contributed by atoms with Crippen LogP contribution >= 0.6 is 0 Å². The molecule has 1 aliphatic heterocycles. The van der Waals surface area contributed by atoms with Gasteiger partial charge in [-0.2, -0.15) is 0 Å². The molecule has 0 aromatic heterocycles. The molecule has 2 saturated carbocycles.